The zero-order valence-corrected chi connectivity index (χ0v) is 12.5. The Hall–Kier alpha value is -1.02. The lowest BCUT2D eigenvalue weighted by Crippen LogP contribution is -2.28. The molecular weight excluding hydrogens is 234 g/mol. The minimum absolute atomic E-state index is 0.143. The molecule has 0 amide bonds. The van der Waals surface area contributed by atoms with Crippen molar-refractivity contribution in [1.82, 2.24) is 0 Å². The highest BCUT2D eigenvalue weighted by atomic mass is 16.5. The Kier molecular flexibility index (Phi) is 4.51. The Balaban J connectivity index is 1.90. The molecule has 1 aliphatic rings. The van der Waals surface area contributed by atoms with Crippen molar-refractivity contribution in [2.24, 2.45) is 11.1 Å². The summed E-state index contributed by atoms with van der Waals surface area (Å²) in [5.74, 6) is 0.983. The van der Waals surface area contributed by atoms with Crippen LogP contribution in [0.15, 0.2) is 24.3 Å². The molecule has 0 heterocycles. The Morgan fingerprint density at radius 2 is 1.79 bits per heavy atom. The quantitative estimate of drug-likeness (QED) is 0.869. The van der Waals surface area contributed by atoms with Crippen LogP contribution in [0.4, 0.5) is 0 Å². The van der Waals surface area contributed by atoms with Crippen LogP contribution in [-0.4, -0.2) is 6.10 Å². The van der Waals surface area contributed by atoms with Gasteiger partial charge in [0, 0.05) is 6.04 Å². The van der Waals surface area contributed by atoms with Gasteiger partial charge >= 0.3 is 0 Å². The largest absolute Gasteiger partial charge is 0.490 e. The average molecular weight is 261 g/mol. The van der Waals surface area contributed by atoms with Gasteiger partial charge in [-0.2, -0.15) is 0 Å². The van der Waals surface area contributed by atoms with Gasteiger partial charge in [0.2, 0.25) is 0 Å². The maximum atomic E-state index is 6.08. The van der Waals surface area contributed by atoms with E-state index < -0.39 is 0 Å². The van der Waals surface area contributed by atoms with Gasteiger partial charge in [-0.05, 0) is 55.2 Å². The van der Waals surface area contributed by atoms with E-state index in [4.69, 9.17) is 10.5 Å². The van der Waals surface area contributed by atoms with Crippen molar-refractivity contribution in [3.8, 4) is 5.75 Å². The molecule has 1 saturated carbocycles. The van der Waals surface area contributed by atoms with Crippen molar-refractivity contribution in [3.05, 3.63) is 29.8 Å². The topological polar surface area (TPSA) is 35.2 Å². The van der Waals surface area contributed by atoms with Gasteiger partial charge in [0.05, 0.1) is 6.10 Å². The van der Waals surface area contributed by atoms with E-state index in [1.54, 1.807) is 0 Å². The molecule has 2 heteroatoms. The van der Waals surface area contributed by atoms with Crippen LogP contribution in [0, 0.1) is 5.41 Å². The number of nitrogens with two attached hydrogens (primary N) is 1. The molecule has 0 aliphatic heterocycles. The van der Waals surface area contributed by atoms with Gasteiger partial charge in [-0.25, -0.2) is 0 Å². The summed E-state index contributed by atoms with van der Waals surface area (Å²) in [5.41, 5.74) is 7.71. The Bertz CT molecular complexity index is 386. The Labute approximate surface area is 117 Å². The molecule has 0 spiro atoms. The molecule has 0 bridgehead atoms. The van der Waals surface area contributed by atoms with E-state index in [-0.39, 0.29) is 6.04 Å². The fraction of sp³-hybridized carbons (Fsp3) is 0.647. The van der Waals surface area contributed by atoms with E-state index in [1.165, 1.54) is 31.2 Å². The highest BCUT2D eigenvalue weighted by Crippen LogP contribution is 2.36. The summed E-state index contributed by atoms with van der Waals surface area (Å²) in [4.78, 5) is 0. The van der Waals surface area contributed by atoms with Crippen LogP contribution >= 0.6 is 0 Å². The number of hydrogen-bond donors (Lipinski definition) is 1. The summed E-state index contributed by atoms with van der Waals surface area (Å²) < 4.78 is 6.08. The van der Waals surface area contributed by atoms with Crippen LogP contribution in [0.2, 0.25) is 0 Å². The molecule has 1 fully saturated rings. The molecule has 1 aromatic carbocycles. The monoisotopic (exact) mass is 261 g/mol. The van der Waals surface area contributed by atoms with Crippen molar-refractivity contribution in [3.63, 3.8) is 0 Å². The van der Waals surface area contributed by atoms with Crippen molar-refractivity contribution in [2.45, 2.75) is 65.0 Å². The van der Waals surface area contributed by atoms with E-state index in [2.05, 4.69) is 45.0 Å². The van der Waals surface area contributed by atoms with Gasteiger partial charge in [0.1, 0.15) is 5.75 Å². The van der Waals surface area contributed by atoms with Gasteiger partial charge in [0.15, 0.2) is 0 Å². The predicted molar refractivity (Wildman–Crippen MR) is 80.3 cm³/mol. The van der Waals surface area contributed by atoms with Crippen molar-refractivity contribution >= 4 is 0 Å². The minimum atomic E-state index is 0.143. The number of hydrogen-bond acceptors (Lipinski definition) is 2. The maximum absolute atomic E-state index is 6.08. The molecule has 0 unspecified atom stereocenters. The van der Waals surface area contributed by atoms with Crippen LogP contribution in [-0.2, 0) is 0 Å². The standard InChI is InChI=1S/C17H27NO/c1-4-16(18)13-5-7-14(8-6-13)19-15-9-11-17(2,3)12-10-15/h5-8,15-16H,4,9-12,18H2,1-3H3/t16-/m1/s1. The molecule has 106 valence electrons. The first-order valence-electron chi connectivity index (χ1n) is 7.52. The van der Waals surface area contributed by atoms with Gasteiger partial charge in [0.25, 0.3) is 0 Å². The zero-order valence-electron chi connectivity index (χ0n) is 12.5. The van der Waals surface area contributed by atoms with Gasteiger partial charge in [-0.15, -0.1) is 0 Å². The molecule has 2 N–H and O–H groups in total. The Morgan fingerprint density at radius 1 is 1.21 bits per heavy atom. The fourth-order valence-electron chi connectivity index (χ4n) is 2.71. The van der Waals surface area contributed by atoms with Crippen molar-refractivity contribution in [2.75, 3.05) is 0 Å². The summed E-state index contributed by atoms with van der Waals surface area (Å²) in [6, 6.07) is 8.45. The predicted octanol–water partition coefficient (Wildman–Crippen LogP) is 4.44. The molecule has 2 rings (SSSR count). The maximum Gasteiger partial charge on any atom is 0.119 e. The van der Waals surface area contributed by atoms with E-state index in [0.717, 1.165) is 12.2 Å². The van der Waals surface area contributed by atoms with Crippen LogP contribution in [0.5, 0.6) is 5.75 Å². The summed E-state index contributed by atoms with van der Waals surface area (Å²) in [6.07, 6.45) is 6.22. The Morgan fingerprint density at radius 3 is 2.32 bits per heavy atom. The molecule has 0 aromatic heterocycles. The van der Waals surface area contributed by atoms with Crippen LogP contribution in [0.25, 0.3) is 0 Å². The normalized spacial score (nSPS) is 21.1. The average Bonchev–Trinajstić information content (AvgIpc) is 2.41. The molecule has 1 atom stereocenters. The lowest BCUT2D eigenvalue weighted by molar-refractivity contribution is 0.0987. The molecular formula is C17H27NO. The summed E-state index contributed by atoms with van der Waals surface area (Å²) in [6.45, 7) is 6.81. The van der Waals surface area contributed by atoms with Crippen LogP contribution in [0.3, 0.4) is 0 Å². The lowest BCUT2D eigenvalue weighted by Gasteiger charge is -2.34. The third-order valence-electron chi connectivity index (χ3n) is 4.34. The summed E-state index contributed by atoms with van der Waals surface area (Å²) >= 11 is 0. The SMILES string of the molecule is CC[C@@H](N)c1ccc(OC2CCC(C)(C)CC2)cc1. The second-order valence-corrected chi connectivity index (χ2v) is 6.57. The van der Waals surface area contributed by atoms with E-state index in [1.807, 2.05) is 0 Å². The molecule has 0 radical (unpaired) electrons. The van der Waals surface area contributed by atoms with Crippen molar-refractivity contribution < 1.29 is 4.74 Å². The van der Waals surface area contributed by atoms with Gasteiger partial charge in [-0.1, -0.05) is 32.9 Å². The molecule has 1 aromatic rings. The van der Waals surface area contributed by atoms with Crippen LogP contribution < -0.4 is 10.5 Å². The molecule has 2 nitrogen and oxygen atoms in total. The third-order valence-corrected chi connectivity index (χ3v) is 4.34. The van der Waals surface area contributed by atoms with Gasteiger partial charge in [-0.3, -0.25) is 0 Å². The first-order valence-corrected chi connectivity index (χ1v) is 7.52. The van der Waals surface area contributed by atoms with E-state index in [9.17, 15) is 0 Å². The second kappa shape index (κ2) is 5.96. The smallest absolute Gasteiger partial charge is 0.119 e. The lowest BCUT2D eigenvalue weighted by atomic mass is 9.76. The fourth-order valence-corrected chi connectivity index (χ4v) is 2.71. The van der Waals surface area contributed by atoms with Gasteiger partial charge < -0.3 is 10.5 Å². The van der Waals surface area contributed by atoms with E-state index in [0.29, 0.717) is 11.5 Å². The molecule has 1 aliphatic carbocycles. The summed E-state index contributed by atoms with van der Waals surface area (Å²) in [7, 11) is 0. The third kappa shape index (κ3) is 3.97. The summed E-state index contributed by atoms with van der Waals surface area (Å²) in [5, 5.41) is 0. The number of rotatable bonds is 4. The second-order valence-electron chi connectivity index (χ2n) is 6.57. The zero-order chi connectivity index (χ0) is 13.9. The number of ether oxygens (including phenoxy) is 1. The van der Waals surface area contributed by atoms with Crippen molar-refractivity contribution in [1.29, 1.82) is 0 Å². The first-order chi connectivity index (χ1) is 9.00. The van der Waals surface area contributed by atoms with E-state index >= 15 is 0 Å². The minimum Gasteiger partial charge on any atom is -0.490 e. The highest BCUT2D eigenvalue weighted by Gasteiger charge is 2.27. The molecule has 19 heavy (non-hydrogen) atoms. The first kappa shape index (κ1) is 14.4. The molecule has 0 saturated heterocycles. The number of benzene rings is 1. The highest BCUT2D eigenvalue weighted by molar-refractivity contribution is 5.29. The van der Waals surface area contributed by atoms with Crippen LogP contribution in [0.1, 0.15) is 64.5 Å².